The first-order chi connectivity index (χ1) is 14.5. The van der Waals surface area contributed by atoms with E-state index in [1.807, 2.05) is 0 Å². The summed E-state index contributed by atoms with van der Waals surface area (Å²) in [5, 5.41) is 2.79. The molecule has 0 saturated heterocycles. The van der Waals surface area contributed by atoms with Gasteiger partial charge in [0.05, 0.1) is 11.3 Å². The molecule has 1 aliphatic rings. The molecule has 1 N–H and O–H groups in total. The van der Waals surface area contributed by atoms with Gasteiger partial charge < -0.3 is 5.32 Å². The summed E-state index contributed by atoms with van der Waals surface area (Å²) in [5.41, 5.74) is 1.65. The Kier molecular flexibility index (Phi) is 5.77. The van der Waals surface area contributed by atoms with E-state index in [9.17, 15) is 18.8 Å². The lowest BCUT2D eigenvalue weighted by Gasteiger charge is -2.20. The zero-order chi connectivity index (χ0) is 21.1. The number of thioether (sulfide) groups is 1. The first kappa shape index (κ1) is 20.0. The minimum atomic E-state index is -0.277. The third kappa shape index (κ3) is 4.04. The fraction of sp³-hybridized carbons (Fsp3) is 0.125. The molecule has 0 atom stereocenters. The van der Waals surface area contributed by atoms with E-state index in [0.717, 1.165) is 4.90 Å². The maximum Gasteiger partial charge on any atom is 0.224 e. The van der Waals surface area contributed by atoms with Gasteiger partial charge >= 0.3 is 0 Å². The molecule has 30 heavy (non-hydrogen) atoms. The lowest BCUT2D eigenvalue weighted by molar-refractivity contribution is -0.116. The van der Waals surface area contributed by atoms with Crippen molar-refractivity contribution in [2.45, 2.75) is 17.7 Å². The summed E-state index contributed by atoms with van der Waals surface area (Å²) in [6, 6.07) is 17.9. The van der Waals surface area contributed by atoms with Crippen LogP contribution in [0.5, 0.6) is 0 Å². The summed E-state index contributed by atoms with van der Waals surface area (Å²) in [4.78, 5) is 39.1. The largest absolute Gasteiger partial charge is 0.325 e. The molecule has 1 amide bonds. The van der Waals surface area contributed by atoms with E-state index >= 15 is 0 Å². The average molecular weight is 419 g/mol. The Balaban J connectivity index is 1.42. The van der Waals surface area contributed by atoms with Crippen LogP contribution in [0.1, 0.15) is 44.7 Å². The van der Waals surface area contributed by atoms with Gasteiger partial charge in [0.2, 0.25) is 5.91 Å². The van der Waals surface area contributed by atoms with E-state index < -0.39 is 0 Å². The topological polar surface area (TPSA) is 63.2 Å². The second-order valence-electron chi connectivity index (χ2n) is 6.89. The Bertz CT molecular complexity index is 1140. The van der Waals surface area contributed by atoms with Gasteiger partial charge in [-0.1, -0.05) is 36.4 Å². The van der Waals surface area contributed by atoms with Crippen molar-refractivity contribution in [1.82, 2.24) is 0 Å². The highest BCUT2D eigenvalue weighted by Crippen LogP contribution is 2.32. The smallest absolute Gasteiger partial charge is 0.224 e. The molecule has 150 valence electrons. The fourth-order valence-corrected chi connectivity index (χ4v) is 4.27. The number of nitrogens with one attached hydrogen (secondary N) is 1. The van der Waals surface area contributed by atoms with Gasteiger partial charge in [-0.3, -0.25) is 14.4 Å². The molecule has 6 heteroatoms. The van der Waals surface area contributed by atoms with Crippen molar-refractivity contribution >= 4 is 34.9 Å². The first-order valence-corrected chi connectivity index (χ1v) is 10.5. The Labute approximate surface area is 177 Å². The number of benzene rings is 3. The normalized spacial score (nSPS) is 12.3. The zero-order valence-corrected chi connectivity index (χ0v) is 16.8. The molecule has 4 rings (SSSR count). The molecule has 0 fully saturated rings. The minimum Gasteiger partial charge on any atom is -0.325 e. The number of hydrogen-bond donors (Lipinski definition) is 1. The molecule has 0 unspecified atom stereocenters. The van der Waals surface area contributed by atoms with Crippen molar-refractivity contribution in [1.29, 1.82) is 0 Å². The second-order valence-corrected chi connectivity index (χ2v) is 8.05. The van der Waals surface area contributed by atoms with E-state index in [1.165, 1.54) is 12.1 Å². The number of halogens is 1. The van der Waals surface area contributed by atoms with E-state index in [0.29, 0.717) is 34.6 Å². The van der Waals surface area contributed by atoms with Crippen molar-refractivity contribution in [2.24, 2.45) is 0 Å². The van der Waals surface area contributed by atoms with Crippen molar-refractivity contribution in [3.63, 3.8) is 0 Å². The summed E-state index contributed by atoms with van der Waals surface area (Å²) < 4.78 is 12.9. The molecule has 3 aromatic carbocycles. The van der Waals surface area contributed by atoms with Crippen molar-refractivity contribution < 1.29 is 18.8 Å². The highest BCUT2D eigenvalue weighted by molar-refractivity contribution is 7.99. The highest BCUT2D eigenvalue weighted by Gasteiger charge is 2.31. The molecule has 0 spiro atoms. The summed E-state index contributed by atoms with van der Waals surface area (Å²) in [5.74, 6) is -0.269. The SMILES string of the molecule is O=C(CCCSc1ccc(F)cc1)Nc1cccc2c1C(=O)c1ccccc1C2=O. The maximum atomic E-state index is 13.0. The quantitative estimate of drug-likeness (QED) is 0.348. The van der Waals surface area contributed by atoms with Crippen LogP contribution in [0.2, 0.25) is 0 Å². The van der Waals surface area contributed by atoms with Gasteiger partial charge in [-0.15, -0.1) is 11.8 Å². The number of fused-ring (bicyclic) bond motifs is 2. The van der Waals surface area contributed by atoms with E-state index in [2.05, 4.69) is 5.32 Å². The number of ketones is 2. The molecule has 4 nitrogen and oxygen atoms in total. The van der Waals surface area contributed by atoms with Gasteiger partial charge in [0, 0.05) is 28.0 Å². The summed E-state index contributed by atoms with van der Waals surface area (Å²) in [7, 11) is 0. The van der Waals surface area contributed by atoms with Gasteiger partial charge in [-0.05, 0) is 42.5 Å². The van der Waals surface area contributed by atoms with Crippen molar-refractivity contribution in [2.75, 3.05) is 11.1 Å². The number of anilines is 1. The lowest BCUT2D eigenvalue weighted by Crippen LogP contribution is -2.23. The van der Waals surface area contributed by atoms with Crippen LogP contribution in [-0.4, -0.2) is 23.2 Å². The van der Waals surface area contributed by atoms with Crippen LogP contribution < -0.4 is 5.32 Å². The molecule has 1 aliphatic carbocycles. The minimum absolute atomic E-state index is 0.216. The molecule has 0 radical (unpaired) electrons. The maximum absolute atomic E-state index is 13.0. The first-order valence-electron chi connectivity index (χ1n) is 9.54. The van der Waals surface area contributed by atoms with Crippen LogP contribution in [-0.2, 0) is 4.79 Å². The number of rotatable bonds is 6. The Morgan fingerprint density at radius 3 is 2.23 bits per heavy atom. The van der Waals surface area contributed by atoms with E-state index in [-0.39, 0.29) is 35.3 Å². The monoisotopic (exact) mass is 419 g/mol. The van der Waals surface area contributed by atoms with Crippen LogP contribution >= 0.6 is 11.8 Å². The highest BCUT2D eigenvalue weighted by atomic mass is 32.2. The van der Waals surface area contributed by atoms with Gasteiger partial charge in [-0.2, -0.15) is 0 Å². The Hall–Kier alpha value is -3.25. The summed E-state index contributed by atoms with van der Waals surface area (Å²) in [6.45, 7) is 0. The average Bonchev–Trinajstić information content (AvgIpc) is 2.76. The molecular formula is C24H18FNO3S. The van der Waals surface area contributed by atoms with Crippen molar-refractivity contribution in [3.8, 4) is 0 Å². The molecule has 0 bridgehead atoms. The van der Waals surface area contributed by atoms with Crippen molar-refractivity contribution in [3.05, 3.63) is 94.8 Å². The predicted octanol–water partition coefficient (Wildman–Crippen LogP) is 5.11. The van der Waals surface area contributed by atoms with E-state index in [1.54, 1.807) is 66.4 Å². The summed E-state index contributed by atoms with van der Waals surface area (Å²) in [6.07, 6.45) is 0.898. The van der Waals surface area contributed by atoms with Gasteiger partial charge in [0.25, 0.3) is 0 Å². The summed E-state index contributed by atoms with van der Waals surface area (Å²) >= 11 is 1.55. The molecule has 0 aromatic heterocycles. The zero-order valence-electron chi connectivity index (χ0n) is 16.0. The van der Waals surface area contributed by atoms with E-state index in [4.69, 9.17) is 0 Å². The number of amides is 1. The van der Waals surface area contributed by atoms with Crippen LogP contribution in [0.4, 0.5) is 10.1 Å². The number of carbonyl (C=O) groups excluding carboxylic acids is 3. The number of carbonyl (C=O) groups is 3. The van der Waals surface area contributed by atoms with Crippen LogP contribution in [0, 0.1) is 5.82 Å². The molecule has 0 heterocycles. The Morgan fingerprint density at radius 1 is 0.833 bits per heavy atom. The second kappa shape index (κ2) is 8.63. The third-order valence-corrected chi connectivity index (χ3v) is 5.96. The Morgan fingerprint density at radius 2 is 1.50 bits per heavy atom. The molecule has 3 aromatic rings. The molecule has 0 aliphatic heterocycles. The lowest BCUT2D eigenvalue weighted by atomic mass is 9.83. The van der Waals surface area contributed by atoms with Gasteiger partial charge in [0.1, 0.15) is 5.82 Å². The standard InChI is InChI=1S/C24H18FNO3S/c25-15-10-12-16(13-11-15)30-14-4-9-21(27)26-20-8-3-7-19-22(20)24(29)18-6-2-1-5-17(18)23(19)28/h1-3,5-8,10-13H,4,9,14H2,(H,26,27). The van der Waals surface area contributed by atoms with Crippen LogP contribution in [0.25, 0.3) is 0 Å². The van der Waals surface area contributed by atoms with Gasteiger partial charge in [-0.25, -0.2) is 4.39 Å². The fourth-order valence-electron chi connectivity index (χ4n) is 3.42. The van der Waals surface area contributed by atoms with Crippen LogP contribution in [0.15, 0.2) is 71.6 Å². The number of hydrogen-bond acceptors (Lipinski definition) is 4. The molecule has 0 saturated carbocycles. The van der Waals surface area contributed by atoms with Crippen LogP contribution in [0.3, 0.4) is 0 Å². The third-order valence-electron chi connectivity index (χ3n) is 4.86. The predicted molar refractivity (Wildman–Crippen MR) is 115 cm³/mol. The van der Waals surface area contributed by atoms with Gasteiger partial charge in [0.15, 0.2) is 11.6 Å². The molecular weight excluding hydrogens is 401 g/mol.